The minimum absolute atomic E-state index is 0.228. The predicted molar refractivity (Wildman–Crippen MR) is 124 cm³/mol. The van der Waals surface area contributed by atoms with Crippen LogP contribution in [0, 0.1) is 6.92 Å². The molecule has 1 N–H and O–H groups in total. The molecule has 8 nitrogen and oxygen atoms in total. The lowest BCUT2D eigenvalue weighted by molar-refractivity contribution is -0.116. The molecule has 0 bridgehead atoms. The summed E-state index contributed by atoms with van der Waals surface area (Å²) in [4.78, 5) is 43.6. The van der Waals surface area contributed by atoms with Crippen LogP contribution in [0.5, 0.6) is 0 Å². The van der Waals surface area contributed by atoms with E-state index >= 15 is 0 Å². The van der Waals surface area contributed by atoms with Crippen molar-refractivity contribution in [2.75, 3.05) is 5.32 Å². The zero-order valence-electron chi connectivity index (χ0n) is 17.7. The minimum Gasteiger partial charge on any atom is -0.325 e. The van der Waals surface area contributed by atoms with Crippen LogP contribution in [0.25, 0.3) is 11.2 Å². The van der Waals surface area contributed by atoms with Gasteiger partial charge < -0.3 is 9.88 Å². The summed E-state index contributed by atoms with van der Waals surface area (Å²) in [7, 11) is 0. The standard InChI is InChI=1S/C23H22ClN5O3/c1-3-27-14-25-21-20(27)22(31)29(23(32)28(21)12-16-8-5-4-6-9-16)13-19(30)26-18-11-7-10-17(24)15(18)2/h4-11,14H,3,12-13H2,1-2H3,(H,26,30). The van der Waals surface area contributed by atoms with Crippen molar-refractivity contribution in [1.82, 2.24) is 18.7 Å². The van der Waals surface area contributed by atoms with Gasteiger partial charge in [-0.2, -0.15) is 0 Å². The van der Waals surface area contributed by atoms with Gasteiger partial charge in [-0.25, -0.2) is 14.3 Å². The van der Waals surface area contributed by atoms with Gasteiger partial charge in [0.25, 0.3) is 5.56 Å². The van der Waals surface area contributed by atoms with Gasteiger partial charge in [-0.1, -0.05) is 48.0 Å². The SMILES string of the molecule is CCn1cnc2c1c(=O)n(CC(=O)Nc1cccc(Cl)c1C)c(=O)n2Cc1ccccc1. The first-order valence-electron chi connectivity index (χ1n) is 10.2. The fourth-order valence-corrected chi connectivity index (χ4v) is 3.78. The predicted octanol–water partition coefficient (Wildman–Crippen LogP) is 3.03. The fourth-order valence-electron chi connectivity index (χ4n) is 3.60. The Labute approximate surface area is 188 Å². The number of carbonyl (C=O) groups is 1. The summed E-state index contributed by atoms with van der Waals surface area (Å²) in [6, 6.07) is 14.6. The van der Waals surface area contributed by atoms with Crippen LogP contribution in [-0.2, 0) is 24.4 Å². The highest BCUT2D eigenvalue weighted by molar-refractivity contribution is 6.31. The second-order valence-electron chi connectivity index (χ2n) is 7.41. The van der Waals surface area contributed by atoms with Gasteiger partial charge in [0, 0.05) is 17.3 Å². The summed E-state index contributed by atoms with van der Waals surface area (Å²) in [6.45, 7) is 3.97. The van der Waals surface area contributed by atoms with E-state index in [-0.39, 0.29) is 12.1 Å². The Morgan fingerprint density at radius 2 is 1.81 bits per heavy atom. The second kappa shape index (κ2) is 8.84. The lowest BCUT2D eigenvalue weighted by Crippen LogP contribution is -2.43. The molecule has 2 aromatic heterocycles. The Hall–Kier alpha value is -3.65. The van der Waals surface area contributed by atoms with Gasteiger partial charge >= 0.3 is 5.69 Å². The number of aromatic nitrogens is 4. The van der Waals surface area contributed by atoms with Crippen LogP contribution in [0.3, 0.4) is 0 Å². The third-order valence-corrected chi connectivity index (χ3v) is 5.76. The Kier molecular flexibility index (Phi) is 5.96. The second-order valence-corrected chi connectivity index (χ2v) is 7.82. The molecule has 0 atom stereocenters. The lowest BCUT2D eigenvalue weighted by Gasteiger charge is -2.13. The number of fused-ring (bicyclic) bond motifs is 1. The van der Waals surface area contributed by atoms with E-state index in [0.717, 1.165) is 10.1 Å². The van der Waals surface area contributed by atoms with Gasteiger partial charge in [0.15, 0.2) is 11.2 Å². The number of nitrogens with one attached hydrogen (secondary N) is 1. The summed E-state index contributed by atoms with van der Waals surface area (Å²) in [5.74, 6) is -0.497. The summed E-state index contributed by atoms with van der Waals surface area (Å²) in [5, 5.41) is 3.25. The van der Waals surface area contributed by atoms with Gasteiger partial charge in [0.2, 0.25) is 5.91 Å². The molecule has 2 aromatic carbocycles. The molecule has 4 rings (SSSR count). The van der Waals surface area contributed by atoms with Crippen LogP contribution in [0.15, 0.2) is 64.4 Å². The molecule has 9 heteroatoms. The largest absolute Gasteiger partial charge is 0.333 e. The summed E-state index contributed by atoms with van der Waals surface area (Å²) < 4.78 is 4.05. The number of hydrogen-bond donors (Lipinski definition) is 1. The number of nitrogens with zero attached hydrogens (tertiary/aromatic N) is 4. The number of carbonyl (C=O) groups excluding carboxylic acids is 1. The van der Waals surface area contributed by atoms with Crippen molar-refractivity contribution >= 4 is 34.4 Å². The fraction of sp³-hybridized carbons (Fsp3) is 0.217. The maximum absolute atomic E-state index is 13.3. The molecule has 0 aliphatic rings. The Bertz CT molecular complexity index is 1420. The topological polar surface area (TPSA) is 90.9 Å². The Morgan fingerprint density at radius 3 is 2.53 bits per heavy atom. The molecule has 0 saturated heterocycles. The van der Waals surface area contributed by atoms with Crippen LogP contribution in [0.4, 0.5) is 5.69 Å². The van der Waals surface area contributed by atoms with Crippen LogP contribution >= 0.6 is 11.6 Å². The number of amides is 1. The molecule has 32 heavy (non-hydrogen) atoms. The average Bonchev–Trinajstić information content (AvgIpc) is 3.22. The molecule has 0 aliphatic heterocycles. The number of halogens is 1. The maximum Gasteiger partial charge on any atom is 0.333 e. The van der Waals surface area contributed by atoms with Crippen molar-refractivity contribution in [1.29, 1.82) is 0 Å². The monoisotopic (exact) mass is 451 g/mol. The number of benzene rings is 2. The molecule has 0 saturated carbocycles. The summed E-state index contributed by atoms with van der Waals surface area (Å²) in [6.07, 6.45) is 1.53. The first-order valence-corrected chi connectivity index (χ1v) is 10.6. The minimum atomic E-state index is -0.592. The quantitative estimate of drug-likeness (QED) is 0.488. The van der Waals surface area contributed by atoms with Crippen molar-refractivity contribution in [3.05, 3.63) is 91.8 Å². The first kappa shape index (κ1) is 21.6. The van der Waals surface area contributed by atoms with E-state index in [1.807, 2.05) is 37.3 Å². The van der Waals surface area contributed by atoms with Crippen molar-refractivity contribution < 1.29 is 4.79 Å². The van der Waals surface area contributed by atoms with Crippen LogP contribution < -0.4 is 16.6 Å². The van der Waals surface area contributed by atoms with Crippen LogP contribution in [-0.4, -0.2) is 24.6 Å². The highest BCUT2D eigenvalue weighted by Crippen LogP contribution is 2.22. The van der Waals surface area contributed by atoms with Crippen molar-refractivity contribution in [2.24, 2.45) is 0 Å². The van der Waals surface area contributed by atoms with Gasteiger partial charge in [-0.3, -0.25) is 14.2 Å². The van der Waals surface area contributed by atoms with E-state index < -0.39 is 23.7 Å². The van der Waals surface area contributed by atoms with Crippen molar-refractivity contribution in [2.45, 2.75) is 33.5 Å². The van der Waals surface area contributed by atoms with Crippen molar-refractivity contribution in [3.8, 4) is 0 Å². The molecule has 0 unspecified atom stereocenters. The molecular weight excluding hydrogens is 430 g/mol. The highest BCUT2D eigenvalue weighted by atomic mass is 35.5. The number of hydrogen-bond acceptors (Lipinski definition) is 4. The van der Waals surface area contributed by atoms with Crippen LogP contribution in [0.2, 0.25) is 5.02 Å². The van der Waals surface area contributed by atoms with Gasteiger partial charge in [0.1, 0.15) is 6.54 Å². The number of rotatable bonds is 6. The van der Waals surface area contributed by atoms with Crippen molar-refractivity contribution in [3.63, 3.8) is 0 Å². The Balaban J connectivity index is 1.78. The lowest BCUT2D eigenvalue weighted by atomic mass is 10.2. The third kappa shape index (κ3) is 3.97. The molecule has 2 heterocycles. The highest BCUT2D eigenvalue weighted by Gasteiger charge is 2.20. The van der Waals surface area contributed by atoms with E-state index in [2.05, 4.69) is 10.3 Å². The molecule has 0 fully saturated rings. The molecule has 0 radical (unpaired) electrons. The molecule has 164 valence electrons. The van der Waals surface area contributed by atoms with E-state index in [4.69, 9.17) is 11.6 Å². The molecule has 0 spiro atoms. The van der Waals surface area contributed by atoms with E-state index in [1.165, 1.54) is 10.9 Å². The zero-order chi connectivity index (χ0) is 22.8. The van der Waals surface area contributed by atoms with E-state index in [1.54, 1.807) is 29.7 Å². The summed E-state index contributed by atoms with van der Waals surface area (Å²) in [5.41, 5.74) is 1.56. The number of imidazole rings is 1. The normalized spacial score (nSPS) is 11.1. The van der Waals surface area contributed by atoms with Crippen LogP contribution in [0.1, 0.15) is 18.1 Å². The van der Waals surface area contributed by atoms with Gasteiger partial charge in [-0.15, -0.1) is 0 Å². The van der Waals surface area contributed by atoms with Gasteiger partial charge in [-0.05, 0) is 37.1 Å². The number of aryl methyl sites for hydroxylation is 1. The first-order chi connectivity index (χ1) is 15.4. The van der Waals surface area contributed by atoms with Gasteiger partial charge in [0.05, 0.1) is 12.9 Å². The molecule has 0 aliphatic carbocycles. The van der Waals surface area contributed by atoms with E-state index in [0.29, 0.717) is 28.5 Å². The smallest absolute Gasteiger partial charge is 0.325 e. The molecule has 1 amide bonds. The zero-order valence-corrected chi connectivity index (χ0v) is 18.5. The maximum atomic E-state index is 13.3. The third-order valence-electron chi connectivity index (χ3n) is 5.35. The Morgan fingerprint density at radius 1 is 1.06 bits per heavy atom. The van der Waals surface area contributed by atoms with E-state index in [9.17, 15) is 14.4 Å². The molecular formula is C23H22ClN5O3. The number of anilines is 1. The molecule has 4 aromatic rings. The average molecular weight is 452 g/mol. The summed E-state index contributed by atoms with van der Waals surface area (Å²) >= 11 is 6.12.